The first-order chi connectivity index (χ1) is 8.51. The minimum absolute atomic E-state index is 0.166. The summed E-state index contributed by atoms with van der Waals surface area (Å²) >= 11 is 3.38. The molecule has 0 radical (unpaired) electrons. The number of hydrogen-bond donors (Lipinski definition) is 2. The van der Waals surface area contributed by atoms with Crippen LogP contribution >= 0.6 is 15.9 Å². The third kappa shape index (κ3) is 3.09. The average molecular weight is 318 g/mol. The second-order valence-electron chi connectivity index (χ2n) is 4.71. The Hall–Kier alpha value is -0.490. The molecule has 1 saturated heterocycles. The molecule has 2 rings (SSSR count). The monoisotopic (exact) mass is 317 g/mol. The van der Waals surface area contributed by atoms with Crippen LogP contribution in [0, 0.1) is 5.82 Å². The van der Waals surface area contributed by atoms with Gasteiger partial charge in [0.2, 0.25) is 0 Å². The van der Waals surface area contributed by atoms with E-state index in [0.29, 0.717) is 26.1 Å². The standard InChI is InChI=1S/C13H17BrFNO2/c1-9-13(17,4-5-18-9)8-16-7-10-6-11(15)2-3-12(10)14/h2-3,6,9,16-17H,4-5,7-8H2,1H3. The molecule has 1 fully saturated rings. The number of hydrogen-bond acceptors (Lipinski definition) is 3. The Morgan fingerprint density at radius 2 is 2.39 bits per heavy atom. The van der Waals surface area contributed by atoms with Gasteiger partial charge in [-0.15, -0.1) is 0 Å². The van der Waals surface area contributed by atoms with Crippen molar-refractivity contribution in [3.05, 3.63) is 34.1 Å². The maximum Gasteiger partial charge on any atom is 0.123 e. The van der Waals surface area contributed by atoms with E-state index in [0.717, 1.165) is 10.0 Å². The van der Waals surface area contributed by atoms with Gasteiger partial charge in [-0.05, 0) is 30.7 Å². The Balaban J connectivity index is 1.90. The third-order valence-electron chi connectivity index (χ3n) is 3.41. The van der Waals surface area contributed by atoms with Crippen molar-refractivity contribution in [3.8, 4) is 0 Å². The van der Waals surface area contributed by atoms with Gasteiger partial charge in [-0.3, -0.25) is 0 Å². The van der Waals surface area contributed by atoms with Crippen molar-refractivity contribution in [2.75, 3.05) is 13.2 Å². The lowest BCUT2D eigenvalue weighted by Gasteiger charge is -2.26. The molecule has 3 nitrogen and oxygen atoms in total. The highest BCUT2D eigenvalue weighted by molar-refractivity contribution is 9.10. The van der Waals surface area contributed by atoms with E-state index in [1.54, 1.807) is 6.07 Å². The molecule has 0 amide bonds. The summed E-state index contributed by atoms with van der Waals surface area (Å²) in [6.45, 7) is 3.40. The molecule has 0 spiro atoms. The molecule has 1 aromatic carbocycles. The number of nitrogens with one attached hydrogen (secondary N) is 1. The molecule has 1 aliphatic rings. The summed E-state index contributed by atoms with van der Waals surface area (Å²) in [5.74, 6) is -0.258. The van der Waals surface area contributed by atoms with Crippen molar-refractivity contribution in [2.24, 2.45) is 0 Å². The van der Waals surface area contributed by atoms with Crippen LogP contribution < -0.4 is 5.32 Å². The van der Waals surface area contributed by atoms with Crippen molar-refractivity contribution in [2.45, 2.75) is 31.6 Å². The smallest absolute Gasteiger partial charge is 0.123 e. The molecular formula is C13H17BrFNO2. The Bertz CT molecular complexity index is 429. The first-order valence-corrected chi connectivity index (χ1v) is 6.79. The first-order valence-electron chi connectivity index (χ1n) is 6.00. The Labute approximate surface area is 114 Å². The predicted octanol–water partition coefficient (Wildman–Crippen LogP) is 2.22. The highest BCUT2D eigenvalue weighted by Gasteiger charge is 2.38. The van der Waals surface area contributed by atoms with Gasteiger partial charge >= 0.3 is 0 Å². The molecule has 5 heteroatoms. The SMILES string of the molecule is CC1OCCC1(O)CNCc1cc(F)ccc1Br. The van der Waals surface area contributed by atoms with E-state index >= 15 is 0 Å². The third-order valence-corrected chi connectivity index (χ3v) is 4.19. The molecule has 2 N–H and O–H groups in total. The van der Waals surface area contributed by atoms with E-state index in [1.165, 1.54) is 12.1 Å². The van der Waals surface area contributed by atoms with Crippen LogP contribution in [0.25, 0.3) is 0 Å². The second kappa shape index (κ2) is 5.65. The van der Waals surface area contributed by atoms with Crippen molar-refractivity contribution in [1.29, 1.82) is 0 Å². The maximum absolute atomic E-state index is 13.1. The van der Waals surface area contributed by atoms with Gasteiger partial charge in [0, 0.05) is 30.6 Å². The zero-order valence-corrected chi connectivity index (χ0v) is 11.8. The molecule has 18 heavy (non-hydrogen) atoms. The minimum atomic E-state index is -0.820. The highest BCUT2D eigenvalue weighted by Crippen LogP contribution is 2.25. The number of aliphatic hydroxyl groups is 1. The topological polar surface area (TPSA) is 41.5 Å². The van der Waals surface area contributed by atoms with E-state index in [4.69, 9.17) is 4.74 Å². The second-order valence-corrected chi connectivity index (χ2v) is 5.56. The Kier molecular flexibility index (Phi) is 4.37. The summed E-state index contributed by atoms with van der Waals surface area (Å²) in [5, 5.41) is 13.4. The van der Waals surface area contributed by atoms with Crippen molar-refractivity contribution < 1.29 is 14.2 Å². The average Bonchev–Trinajstić information content (AvgIpc) is 2.64. The van der Waals surface area contributed by atoms with E-state index in [9.17, 15) is 9.50 Å². The van der Waals surface area contributed by atoms with E-state index in [2.05, 4.69) is 21.2 Å². The molecular weight excluding hydrogens is 301 g/mol. The Morgan fingerprint density at radius 3 is 3.06 bits per heavy atom. The van der Waals surface area contributed by atoms with Gasteiger partial charge in [-0.25, -0.2) is 4.39 Å². The van der Waals surface area contributed by atoms with Crippen LogP contribution in [0.2, 0.25) is 0 Å². The lowest BCUT2D eigenvalue weighted by atomic mass is 9.96. The fourth-order valence-electron chi connectivity index (χ4n) is 2.10. The summed E-state index contributed by atoms with van der Waals surface area (Å²) in [6.07, 6.45) is 0.465. The molecule has 1 aromatic rings. The number of rotatable bonds is 4. The Morgan fingerprint density at radius 1 is 1.61 bits per heavy atom. The molecule has 2 atom stereocenters. The quantitative estimate of drug-likeness (QED) is 0.894. The van der Waals surface area contributed by atoms with Crippen LogP contribution in [-0.2, 0) is 11.3 Å². The van der Waals surface area contributed by atoms with Gasteiger partial charge in [0.05, 0.1) is 6.10 Å². The molecule has 100 valence electrons. The van der Waals surface area contributed by atoms with E-state index < -0.39 is 5.60 Å². The van der Waals surface area contributed by atoms with Gasteiger partial charge in [-0.1, -0.05) is 15.9 Å². The lowest BCUT2D eigenvalue weighted by molar-refractivity contribution is -0.0263. The number of ether oxygens (including phenoxy) is 1. The number of benzene rings is 1. The molecule has 2 unspecified atom stereocenters. The fourth-order valence-corrected chi connectivity index (χ4v) is 2.48. The normalized spacial score (nSPS) is 27.7. The maximum atomic E-state index is 13.1. The first kappa shape index (κ1) is 13.9. The van der Waals surface area contributed by atoms with Crippen LogP contribution in [0.15, 0.2) is 22.7 Å². The minimum Gasteiger partial charge on any atom is -0.386 e. The van der Waals surface area contributed by atoms with Crippen molar-refractivity contribution in [1.82, 2.24) is 5.32 Å². The van der Waals surface area contributed by atoms with Crippen LogP contribution in [0.1, 0.15) is 18.9 Å². The van der Waals surface area contributed by atoms with Crippen LogP contribution in [0.4, 0.5) is 4.39 Å². The van der Waals surface area contributed by atoms with E-state index in [-0.39, 0.29) is 11.9 Å². The molecule has 0 aromatic heterocycles. The molecule has 1 heterocycles. The van der Waals surface area contributed by atoms with Gasteiger partial charge in [0.15, 0.2) is 0 Å². The summed E-state index contributed by atoms with van der Waals surface area (Å²) in [7, 11) is 0. The van der Waals surface area contributed by atoms with E-state index in [1.807, 2.05) is 6.92 Å². The fraction of sp³-hybridized carbons (Fsp3) is 0.538. The summed E-state index contributed by atoms with van der Waals surface area (Å²) in [6, 6.07) is 4.58. The molecule has 0 bridgehead atoms. The predicted molar refractivity (Wildman–Crippen MR) is 70.8 cm³/mol. The van der Waals surface area contributed by atoms with Gasteiger partial charge in [0.25, 0.3) is 0 Å². The lowest BCUT2D eigenvalue weighted by Crippen LogP contribution is -2.45. The molecule has 1 aliphatic heterocycles. The summed E-state index contributed by atoms with van der Waals surface area (Å²) < 4.78 is 19.3. The van der Waals surface area contributed by atoms with Gasteiger partial charge in [0.1, 0.15) is 11.4 Å². The van der Waals surface area contributed by atoms with Crippen LogP contribution in [-0.4, -0.2) is 30.0 Å². The van der Waals surface area contributed by atoms with Crippen molar-refractivity contribution in [3.63, 3.8) is 0 Å². The zero-order valence-electron chi connectivity index (χ0n) is 10.2. The highest BCUT2D eigenvalue weighted by atomic mass is 79.9. The zero-order chi connectivity index (χ0) is 13.2. The molecule has 0 saturated carbocycles. The van der Waals surface area contributed by atoms with Crippen molar-refractivity contribution >= 4 is 15.9 Å². The summed E-state index contributed by atoms with van der Waals surface area (Å²) in [4.78, 5) is 0. The van der Waals surface area contributed by atoms with Gasteiger partial charge < -0.3 is 15.2 Å². The number of halogens is 2. The summed E-state index contributed by atoms with van der Waals surface area (Å²) in [5.41, 5.74) is 0.0185. The van der Waals surface area contributed by atoms with Crippen LogP contribution in [0.5, 0.6) is 0 Å². The van der Waals surface area contributed by atoms with Gasteiger partial charge in [-0.2, -0.15) is 0 Å². The largest absolute Gasteiger partial charge is 0.386 e. The van der Waals surface area contributed by atoms with Crippen LogP contribution in [0.3, 0.4) is 0 Å². The molecule has 0 aliphatic carbocycles.